The van der Waals surface area contributed by atoms with Crippen LogP contribution < -0.4 is 37.9 Å². The first-order valence-corrected chi connectivity index (χ1v) is 53.7. The van der Waals surface area contributed by atoms with Gasteiger partial charge in [-0.1, -0.05) is 240 Å². The fourth-order valence-corrected chi connectivity index (χ4v) is 18.1. The van der Waals surface area contributed by atoms with E-state index in [1.165, 1.54) is 151 Å². The third-order valence-corrected chi connectivity index (χ3v) is 29.2. The van der Waals surface area contributed by atoms with E-state index in [-0.39, 0.29) is 108 Å². The highest BCUT2D eigenvalue weighted by atomic mass is 19.2. The number of rotatable bonds is 24. The monoisotopic (exact) mass is 2000 g/mol. The Labute approximate surface area is 863 Å². The highest BCUT2D eigenvalue weighted by Crippen LogP contribution is 2.45. The lowest BCUT2D eigenvalue weighted by Crippen LogP contribution is -2.46. The molecule has 0 bridgehead atoms. The van der Waals surface area contributed by atoms with Crippen LogP contribution in [0.15, 0.2) is 146 Å². The molecule has 5 aliphatic carbocycles. The van der Waals surface area contributed by atoms with Gasteiger partial charge in [0.15, 0.2) is 92.5 Å². The minimum atomic E-state index is -0.270. The predicted octanol–water partition coefficient (Wildman–Crippen LogP) is 32.9. The number of hydrogen-bond acceptors (Lipinski definition) is 11. The first-order chi connectivity index (χ1) is 67.0. The molecule has 5 saturated carbocycles. The van der Waals surface area contributed by atoms with E-state index in [1.807, 2.05) is 125 Å². The fourth-order valence-electron chi connectivity index (χ4n) is 18.1. The third kappa shape index (κ3) is 38.6. The molecule has 0 N–H and O–H groups in total. The van der Waals surface area contributed by atoms with Crippen molar-refractivity contribution in [2.24, 2.45) is 35.5 Å². The van der Waals surface area contributed by atoms with Crippen molar-refractivity contribution < 1.29 is 73.0 Å². The highest BCUT2D eigenvalue weighted by molar-refractivity contribution is 5.41. The average Bonchev–Trinajstić information content (AvgIpc) is 1.56. The van der Waals surface area contributed by atoms with Gasteiger partial charge in [0.2, 0.25) is 0 Å². The van der Waals surface area contributed by atoms with Crippen molar-refractivity contribution in [2.75, 3.05) is 80.4 Å². The van der Waals surface area contributed by atoms with E-state index in [1.54, 1.807) is 0 Å². The molecular weight excluding hydrogens is 1820 g/mol. The van der Waals surface area contributed by atoms with Crippen LogP contribution in [-0.4, -0.2) is 125 Å². The van der Waals surface area contributed by atoms with Gasteiger partial charge in [-0.05, 0) is 366 Å². The molecule has 19 heteroatoms. The zero-order valence-corrected chi connectivity index (χ0v) is 93.9. The molecule has 4 atom stereocenters. The first kappa shape index (κ1) is 119. The summed E-state index contributed by atoms with van der Waals surface area (Å²) in [6.07, 6.45) is 22.2. The van der Waals surface area contributed by atoms with Gasteiger partial charge in [-0.3, -0.25) is 0 Å². The van der Waals surface area contributed by atoms with E-state index in [0.717, 1.165) is 83.5 Å². The molecule has 144 heavy (non-hydrogen) atoms. The zero-order valence-electron chi connectivity index (χ0n) is 93.9. The summed E-state index contributed by atoms with van der Waals surface area (Å²) in [6.45, 7) is 66.4. The van der Waals surface area contributed by atoms with Gasteiger partial charge in [0.05, 0.1) is 32.0 Å². The Balaban J connectivity index is 0.000000183. The number of likely N-dealkylation sites (tertiary alicyclic amines) is 3. The van der Waals surface area contributed by atoms with E-state index in [0.29, 0.717) is 127 Å². The van der Waals surface area contributed by atoms with E-state index < -0.39 is 0 Å². The van der Waals surface area contributed by atoms with Crippen molar-refractivity contribution in [3.8, 4) is 46.0 Å². The maximum absolute atomic E-state index is 13.8. The SMILES string of the molecule is CC(C)(C)c1ccc(F)c(OC(C)(C)C2CC2)c1.CC(C)(C)c1ccc(F)c(OCC2CCCC2)c1.CC(C)(C)c1ccc(F)c(OCC2CCCC2)c1.CN1CC(COc2cc(C(C)(C)C)ccc2F)C1.CN1CCC[C@@H]1COc1cc(C(C)(C)C)ccc1F.CN1CCC[C@H]1COc1cc(C(C)(C)C)ccc1F.C[C@@H](Oc1cc(C(C)(C)C)ccc1F)C1CC1.C[C@H](Oc1cc(C(C)(C)C)ccc1F)C1CC1. The molecule has 16 rings (SSSR count). The predicted molar refractivity (Wildman–Crippen MR) is 578 cm³/mol. The lowest BCUT2D eigenvalue weighted by Gasteiger charge is -2.35. The molecule has 0 aromatic heterocycles. The Morgan fingerprint density at radius 3 is 0.688 bits per heavy atom. The smallest absolute Gasteiger partial charge is 0.165 e. The van der Waals surface area contributed by atoms with Crippen LogP contribution in [0.1, 0.15) is 354 Å². The van der Waals surface area contributed by atoms with Crippen LogP contribution in [0.3, 0.4) is 0 Å². The van der Waals surface area contributed by atoms with Crippen LogP contribution >= 0.6 is 0 Å². The maximum Gasteiger partial charge on any atom is 0.165 e. The van der Waals surface area contributed by atoms with Gasteiger partial charge in [-0.2, -0.15) is 0 Å². The van der Waals surface area contributed by atoms with E-state index in [4.69, 9.17) is 37.9 Å². The largest absolute Gasteiger partial charge is 0.490 e. The molecule has 3 saturated heterocycles. The first-order valence-electron chi connectivity index (χ1n) is 53.7. The Hall–Kier alpha value is -8.52. The molecule has 0 amide bonds. The van der Waals surface area contributed by atoms with E-state index >= 15 is 0 Å². The quantitative estimate of drug-likeness (QED) is 0.0543. The van der Waals surface area contributed by atoms with Gasteiger partial charge in [-0.15, -0.1) is 0 Å². The molecule has 3 aliphatic heterocycles. The van der Waals surface area contributed by atoms with Gasteiger partial charge in [0.1, 0.15) is 18.8 Å². The Bertz CT molecular complexity index is 5060. The summed E-state index contributed by atoms with van der Waals surface area (Å²) in [6, 6.07) is 42.4. The van der Waals surface area contributed by atoms with E-state index in [9.17, 15) is 35.1 Å². The Morgan fingerprint density at radius 1 is 0.257 bits per heavy atom. The third-order valence-electron chi connectivity index (χ3n) is 29.2. The van der Waals surface area contributed by atoms with Crippen molar-refractivity contribution >= 4 is 0 Å². The number of halogens is 8. The van der Waals surface area contributed by atoms with Crippen LogP contribution in [0.4, 0.5) is 35.1 Å². The molecule has 8 aromatic rings. The summed E-state index contributed by atoms with van der Waals surface area (Å²) >= 11 is 0. The zero-order chi connectivity index (χ0) is 107. The van der Waals surface area contributed by atoms with E-state index in [2.05, 4.69) is 202 Å². The van der Waals surface area contributed by atoms with Gasteiger partial charge in [-0.25, -0.2) is 35.1 Å². The van der Waals surface area contributed by atoms with Crippen LogP contribution in [0.2, 0.25) is 0 Å². The summed E-state index contributed by atoms with van der Waals surface area (Å²) in [5.41, 5.74) is 8.73. The molecule has 800 valence electrons. The van der Waals surface area contributed by atoms with Crippen molar-refractivity contribution in [3.05, 3.63) is 237 Å². The molecule has 11 nitrogen and oxygen atoms in total. The minimum Gasteiger partial charge on any atom is -0.490 e. The molecule has 8 aromatic carbocycles. The summed E-state index contributed by atoms with van der Waals surface area (Å²) in [4.78, 5) is 6.80. The molecule has 8 fully saturated rings. The van der Waals surface area contributed by atoms with Crippen LogP contribution in [0, 0.1) is 82.0 Å². The Morgan fingerprint density at radius 2 is 0.472 bits per heavy atom. The number of likely N-dealkylation sites (N-methyl/N-ethyl adjacent to an activating group) is 2. The van der Waals surface area contributed by atoms with Crippen molar-refractivity contribution in [1.29, 1.82) is 0 Å². The van der Waals surface area contributed by atoms with Crippen LogP contribution in [-0.2, 0) is 43.3 Å². The van der Waals surface area contributed by atoms with Gasteiger partial charge in [0, 0.05) is 31.1 Å². The van der Waals surface area contributed by atoms with Gasteiger partial charge >= 0.3 is 0 Å². The Kier molecular flexibility index (Phi) is 42.7. The molecule has 0 radical (unpaired) electrons. The normalized spacial score (nSPS) is 18.3. The molecular formula is C125H181F8N3O8. The van der Waals surface area contributed by atoms with Crippen LogP contribution in [0.5, 0.6) is 46.0 Å². The van der Waals surface area contributed by atoms with Crippen molar-refractivity contribution in [2.45, 2.75) is 383 Å². The second-order valence-corrected chi connectivity index (χ2v) is 51.0. The van der Waals surface area contributed by atoms with Crippen molar-refractivity contribution in [1.82, 2.24) is 14.7 Å². The summed E-state index contributed by atoms with van der Waals surface area (Å²) in [7, 11) is 6.28. The molecule has 0 unspecified atom stereocenters. The topological polar surface area (TPSA) is 83.6 Å². The standard InChI is InChI=1S/2C16H24FNO.3C16H23FO.C15H22FNO.2C15H21FO/c2*1-16(2,3)12-7-8-14(17)15(10-12)19-11-13-6-5-9-18(13)4;1-15(2,3)12-8-9-13(17)14(10-12)18-16(4,5)11-6-7-11;2*1-16(2,3)13-8-9-14(17)15(10-13)18-11-12-6-4-5-7-12;1-15(2,3)12-5-6-13(16)14(7-12)18-10-11-8-17(4)9-11;2*1-10(11-5-6-11)17-14-9-12(15(2,3)4)7-8-13(14)16/h2*7-8,10,13H,5-6,9,11H2,1-4H3;8-11H,6-7H2,1-5H3;2*8-10,12H,4-7,11H2,1-3H3;5-7,11H,8-10H2,1-4H3;2*7-11H,5-6H2,1-4H3/t2*13-;;;;;2*10-/m10....10/s1. The summed E-state index contributed by atoms with van der Waals surface area (Å²) in [5, 5.41) is 0. The molecule has 8 aliphatic rings. The number of ether oxygens (including phenoxy) is 8. The maximum atomic E-state index is 13.8. The highest BCUT2D eigenvalue weighted by Gasteiger charge is 2.41. The minimum absolute atomic E-state index is 0.00946. The summed E-state index contributed by atoms with van der Waals surface area (Å²) < 4.78 is 156. The average molecular weight is 2010 g/mol. The van der Waals surface area contributed by atoms with Gasteiger partial charge in [0.25, 0.3) is 0 Å². The van der Waals surface area contributed by atoms with Gasteiger partial charge < -0.3 is 52.6 Å². The molecule has 3 heterocycles. The lowest BCUT2D eigenvalue weighted by molar-refractivity contribution is 0.0799. The second kappa shape index (κ2) is 51.6. The molecule has 0 spiro atoms. The van der Waals surface area contributed by atoms with Crippen LogP contribution in [0.25, 0.3) is 0 Å². The number of nitrogens with zero attached hydrogens (tertiary/aromatic N) is 3. The second-order valence-electron chi connectivity index (χ2n) is 51.0. The van der Waals surface area contributed by atoms with Crippen molar-refractivity contribution in [3.63, 3.8) is 0 Å². The fraction of sp³-hybridized carbons (Fsp3) is 0.616. The number of benzene rings is 8. The number of hydrogen-bond donors (Lipinski definition) is 0. The summed E-state index contributed by atoms with van der Waals surface area (Å²) in [5.74, 6) is 4.63. The lowest BCUT2D eigenvalue weighted by atomic mass is 9.87.